The van der Waals surface area contributed by atoms with Crippen LogP contribution in [-0.4, -0.2) is 22.2 Å². The molecule has 0 spiro atoms. The monoisotopic (exact) mass is 317 g/mol. The van der Waals surface area contributed by atoms with Crippen molar-refractivity contribution in [2.75, 3.05) is 5.32 Å². The first kappa shape index (κ1) is 16.5. The average Bonchev–Trinajstić information content (AvgIpc) is 2.49. The first-order chi connectivity index (χ1) is 10.7. The van der Waals surface area contributed by atoms with Crippen LogP contribution in [0.15, 0.2) is 42.5 Å². The molecule has 2 aromatic carbocycles. The van der Waals surface area contributed by atoms with Gasteiger partial charge in [0.15, 0.2) is 0 Å². The zero-order chi connectivity index (χ0) is 17.2. The molecule has 0 radical (unpaired) electrons. The lowest BCUT2D eigenvalue weighted by Gasteiger charge is -2.24. The fraction of sp³-hybridized carbons (Fsp3) is 0.176. The molecule has 0 amide bonds. The van der Waals surface area contributed by atoms with Gasteiger partial charge in [-0.2, -0.15) is 0 Å². The number of carboxylic acids is 2. The Morgan fingerprint density at radius 3 is 2.30 bits per heavy atom. The smallest absolute Gasteiger partial charge is 0.337 e. The summed E-state index contributed by atoms with van der Waals surface area (Å²) in [7, 11) is 0. The summed E-state index contributed by atoms with van der Waals surface area (Å²) in [4.78, 5) is 22.7. The molecule has 3 N–H and O–H groups in total. The fourth-order valence-corrected chi connectivity index (χ4v) is 2.20. The molecule has 0 aliphatic heterocycles. The van der Waals surface area contributed by atoms with Crippen LogP contribution >= 0.6 is 0 Å². The molecule has 0 aromatic heterocycles. The van der Waals surface area contributed by atoms with Gasteiger partial charge < -0.3 is 15.5 Å². The van der Waals surface area contributed by atoms with Crippen LogP contribution in [0.25, 0.3) is 0 Å². The Hall–Kier alpha value is -2.89. The van der Waals surface area contributed by atoms with Crippen LogP contribution in [0.4, 0.5) is 15.8 Å². The molecule has 0 unspecified atom stereocenters. The van der Waals surface area contributed by atoms with Gasteiger partial charge in [-0.1, -0.05) is 18.2 Å². The lowest BCUT2D eigenvalue weighted by molar-refractivity contribution is -0.142. The van der Waals surface area contributed by atoms with Gasteiger partial charge in [0, 0.05) is 5.69 Å². The van der Waals surface area contributed by atoms with Crippen LogP contribution in [0.2, 0.25) is 0 Å². The number of aromatic carboxylic acids is 1. The minimum atomic E-state index is -1.28. The van der Waals surface area contributed by atoms with Crippen LogP contribution in [0.1, 0.15) is 29.8 Å². The molecule has 0 aliphatic carbocycles. The summed E-state index contributed by atoms with van der Waals surface area (Å²) in [6.07, 6.45) is 0. The average molecular weight is 317 g/mol. The standard InChI is InChI=1S/C17H16FNO4/c1-17(2,16(22)23)12-5-3-4-6-14(12)19-13-8-7-10(18)9-11(13)15(20)21/h3-9,19H,1-2H3,(H,20,21)(H,22,23). The molecule has 6 heteroatoms. The number of aliphatic carboxylic acids is 1. The fourth-order valence-electron chi connectivity index (χ4n) is 2.20. The minimum Gasteiger partial charge on any atom is -0.481 e. The van der Waals surface area contributed by atoms with E-state index in [1.807, 2.05) is 0 Å². The van der Waals surface area contributed by atoms with Crippen molar-refractivity contribution in [1.29, 1.82) is 0 Å². The quantitative estimate of drug-likeness (QED) is 0.784. The minimum absolute atomic E-state index is 0.188. The predicted molar refractivity (Wildman–Crippen MR) is 83.7 cm³/mol. The maximum atomic E-state index is 13.3. The second kappa shape index (κ2) is 6.08. The van der Waals surface area contributed by atoms with Crippen LogP contribution < -0.4 is 5.32 Å². The summed E-state index contributed by atoms with van der Waals surface area (Å²) >= 11 is 0. The van der Waals surface area contributed by atoms with Crippen molar-refractivity contribution in [1.82, 2.24) is 0 Å². The Labute approximate surface area is 132 Å². The van der Waals surface area contributed by atoms with E-state index in [4.69, 9.17) is 0 Å². The summed E-state index contributed by atoms with van der Waals surface area (Å²) in [6.45, 7) is 3.11. The summed E-state index contributed by atoms with van der Waals surface area (Å²) < 4.78 is 13.3. The Morgan fingerprint density at radius 1 is 1.04 bits per heavy atom. The second-order valence-corrected chi connectivity index (χ2v) is 5.60. The molecule has 2 aromatic rings. The summed E-state index contributed by atoms with van der Waals surface area (Å²) in [6, 6.07) is 10.1. The van der Waals surface area contributed by atoms with Crippen molar-refractivity contribution in [3.63, 3.8) is 0 Å². The second-order valence-electron chi connectivity index (χ2n) is 5.60. The summed E-state index contributed by atoms with van der Waals surface area (Å²) in [5.74, 6) is -2.95. The topological polar surface area (TPSA) is 86.6 Å². The van der Waals surface area contributed by atoms with Crippen molar-refractivity contribution in [2.24, 2.45) is 0 Å². The lowest BCUT2D eigenvalue weighted by Crippen LogP contribution is -2.29. The molecule has 0 fully saturated rings. The van der Waals surface area contributed by atoms with E-state index in [2.05, 4.69) is 5.32 Å². The first-order valence-electron chi connectivity index (χ1n) is 6.86. The van der Waals surface area contributed by atoms with Gasteiger partial charge in [0.05, 0.1) is 16.7 Å². The van der Waals surface area contributed by atoms with E-state index < -0.39 is 23.2 Å². The summed E-state index contributed by atoms with van der Waals surface area (Å²) in [5, 5.41) is 21.5. The number of benzene rings is 2. The highest BCUT2D eigenvalue weighted by atomic mass is 19.1. The highest BCUT2D eigenvalue weighted by Crippen LogP contribution is 2.33. The first-order valence-corrected chi connectivity index (χ1v) is 6.86. The number of hydrogen-bond acceptors (Lipinski definition) is 3. The Balaban J connectivity index is 2.51. The number of hydrogen-bond donors (Lipinski definition) is 3. The maximum Gasteiger partial charge on any atom is 0.337 e. The highest BCUT2D eigenvalue weighted by Gasteiger charge is 2.31. The van der Waals surface area contributed by atoms with Gasteiger partial charge in [-0.05, 0) is 43.7 Å². The van der Waals surface area contributed by atoms with Crippen LogP contribution in [0.5, 0.6) is 0 Å². The zero-order valence-corrected chi connectivity index (χ0v) is 12.6. The van der Waals surface area contributed by atoms with Crippen molar-refractivity contribution < 1.29 is 24.2 Å². The molecule has 23 heavy (non-hydrogen) atoms. The Bertz CT molecular complexity index is 771. The number of carbonyl (C=O) groups is 2. The number of carboxylic acid groups (broad SMARTS) is 2. The van der Waals surface area contributed by atoms with E-state index >= 15 is 0 Å². The van der Waals surface area contributed by atoms with E-state index in [1.165, 1.54) is 6.07 Å². The third-order valence-corrected chi connectivity index (χ3v) is 3.62. The van der Waals surface area contributed by atoms with Gasteiger partial charge in [0.2, 0.25) is 0 Å². The number of anilines is 2. The predicted octanol–water partition coefficient (Wildman–Crippen LogP) is 3.63. The SMILES string of the molecule is CC(C)(C(=O)O)c1ccccc1Nc1ccc(F)cc1C(=O)O. The number of rotatable bonds is 5. The van der Waals surface area contributed by atoms with Gasteiger partial charge in [-0.3, -0.25) is 4.79 Å². The van der Waals surface area contributed by atoms with Gasteiger partial charge in [-0.25, -0.2) is 9.18 Å². The lowest BCUT2D eigenvalue weighted by atomic mass is 9.83. The molecule has 120 valence electrons. The molecule has 2 rings (SSSR count). The van der Waals surface area contributed by atoms with E-state index in [9.17, 15) is 24.2 Å². The molecule has 0 atom stereocenters. The van der Waals surface area contributed by atoms with Crippen LogP contribution in [-0.2, 0) is 10.2 Å². The van der Waals surface area contributed by atoms with Crippen molar-refractivity contribution in [3.05, 3.63) is 59.4 Å². The number of para-hydroxylation sites is 1. The summed E-state index contributed by atoms with van der Waals surface area (Å²) in [5.41, 5.74) is -0.268. The molecule has 0 saturated heterocycles. The number of nitrogens with one attached hydrogen (secondary N) is 1. The largest absolute Gasteiger partial charge is 0.481 e. The van der Waals surface area contributed by atoms with Gasteiger partial charge in [0.1, 0.15) is 5.82 Å². The van der Waals surface area contributed by atoms with Crippen LogP contribution in [0, 0.1) is 5.82 Å². The highest BCUT2D eigenvalue weighted by molar-refractivity contribution is 5.95. The molecular weight excluding hydrogens is 301 g/mol. The molecule has 5 nitrogen and oxygen atoms in total. The molecule has 0 bridgehead atoms. The molecule has 0 heterocycles. The third kappa shape index (κ3) is 3.31. The van der Waals surface area contributed by atoms with E-state index in [1.54, 1.807) is 38.1 Å². The van der Waals surface area contributed by atoms with E-state index in [0.29, 0.717) is 11.3 Å². The number of halogens is 1. The van der Waals surface area contributed by atoms with Crippen molar-refractivity contribution in [3.8, 4) is 0 Å². The maximum absolute atomic E-state index is 13.3. The molecular formula is C17H16FNO4. The third-order valence-electron chi connectivity index (χ3n) is 3.62. The molecule has 0 saturated carbocycles. The van der Waals surface area contributed by atoms with E-state index in [0.717, 1.165) is 12.1 Å². The van der Waals surface area contributed by atoms with Crippen molar-refractivity contribution in [2.45, 2.75) is 19.3 Å². The zero-order valence-electron chi connectivity index (χ0n) is 12.6. The van der Waals surface area contributed by atoms with Crippen molar-refractivity contribution >= 4 is 23.3 Å². The van der Waals surface area contributed by atoms with Gasteiger partial charge >= 0.3 is 11.9 Å². The van der Waals surface area contributed by atoms with E-state index in [-0.39, 0.29) is 11.3 Å². The van der Waals surface area contributed by atoms with Gasteiger partial charge in [-0.15, -0.1) is 0 Å². The Morgan fingerprint density at radius 2 is 1.70 bits per heavy atom. The Kier molecular flexibility index (Phi) is 4.36. The van der Waals surface area contributed by atoms with Crippen LogP contribution in [0.3, 0.4) is 0 Å². The van der Waals surface area contributed by atoms with Gasteiger partial charge in [0.25, 0.3) is 0 Å². The molecule has 0 aliphatic rings. The normalized spacial score (nSPS) is 11.1.